The molecule has 0 spiro atoms. The molecule has 112 valence electrons. The largest absolute Gasteiger partial charge is 0.327 e. The fourth-order valence-corrected chi connectivity index (χ4v) is 4.74. The molecule has 0 radical (unpaired) electrons. The number of nitrogens with zero attached hydrogens (tertiary/aromatic N) is 2. The van der Waals surface area contributed by atoms with Crippen LogP contribution in [0.25, 0.3) is 10.8 Å². The molecule has 2 N–H and O–H groups in total. The first-order valence-corrected chi connectivity index (χ1v) is 8.53. The molecule has 1 aliphatic heterocycles. The van der Waals surface area contributed by atoms with Crippen LogP contribution in [0.3, 0.4) is 0 Å². The minimum atomic E-state index is -3.52. The SMILES string of the molecule is Cc1cncc2cccc(S(=O)(=O)N3CCC[C@H](N)C3)c12. The molecule has 1 atom stereocenters. The number of rotatable bonds is 2. The molecular formula is C15H19N3O2S. The summed E-state index contributed by atoms with van der Waals surface area (Å²) in [5.74, 6) is 0. The van der Waals surface area contributed by atoms with Crippen LogP contribution < -0.4 is 5.73 Å². The average Bonchev–Trinajstić information content (AvgIpc) is 2.47. The van der Waals surface area contributed by atoms with E-state index in [2.05, 4.69) is 4.98 Å². The molecule has 1 fully saturated rings. The van der Waals surface area contributed by atoms with Gasteiger partial charge in [0.1, 0.15) is 0 Å². The van der Waals surface area contributed by atoms with E-state index in [-0.39, 0.29) is 6.04 Å². The van der Waals surface area contributed by atoms with E-state index in [0.717, 1.165) is 29.2 Å². The molecule has 0 unspecified atom stereocenters. The third-order valence-corrected chi connectivity index (χ3v) is 5.88. The fraction of sp³-hybridized carbons (Fsp3) is 0.400. The molecule has 2 aromatic rings. The fourth-order valence-electron chi connectivity index (χ4n) is 2.92. The van der Waals surface area contributed by atoms with Gasteiger partial charge in [0.2, 0.25) is 10.0 Å². The summed E-state index contributed by atoms with van der Waals surface area (Å²) in [5.41, 5.74) is 6.79. The molecule has 1 saturated heterocycles. The summed E-state index contributed by atoms with van der Waals surface area (Å²) in [7, 11) is -3.52. The Labute approximate surface area is 124 Å². The highest BCUT2D eigenvalue weighted by atomic mass is 32.2. The second-order valence-electron chi connectivity index (χ2n) is 5.58. The Morgan fingerprint density at radius 1 is 1.33 bits per heavy atom. The predicted octanol–water partition coefficient (Wildman–Crippen LogP) is 1.66. The van der Waals surface area contributed by atoms with Gasteiger partial charge in [0.05, 0.1) is 4.90 Å². The van der Waals surface area contributed by atoms with Crippen molar-refractivity contribution in [3.05, 3.63) is 36.2 Å². The highest BCUT2D eigenvalue weighted by Gasteiger charge is 2.30. The number of aryl methyl sites for hydroxylation is 1. The molecule has 0 bridgehead atoms. The molecule has 1 aliphatic rings. The number of aromatic nitrogens is 1. The number of hydrogen-bond donors (Lipinski definition) is 1. The first kappa shape index (κ1) is 14.4. The summed E-state index contributed by atoms with van der Waals surface area (Å²) < 4.78 is 27.4. The number of piperidine rings is 1. The van der Waals surface area contributed by atoms with Crippen molar-refractivity contribution in [1.82, 2.24) is 9.29 Å². The molecule has 0 saturated carbocycles. The van der Waals surface area contributed by atoms with Crippen LogP contribution in [0.5, 0.6) is 0 Å². The summed E-state index contributed by atoms with van der Waals surface area (Å²) in [6.45, 7) is 2.82. The Kier molecular flexibility index (Phi) is 3.69. The maximum atomic E-state index is 12.9. The van der Waals surface area contributed by atoms with E-state index >= 15 is 0 Å². The zero-order valence-corrected chi connectivity index (χ0v) is 12.8. The molecule has 5 nitrogen and oxygen atoms in total. The first-order valence-electron chi connectivity index (χ1n) is 7.09. The molecule has 3 rings (SSSR count). The van der Waals surface area contributed by atoms with Gasteiger partial charge in [0.15, 0.2) is 0 Å². The summed E-state index contributed by atoms with van der Waals surface area (Å²) in [6, 6.07) is 5.24. The lowest BCUT2D eigenvalue weighted by atomic mass is 10.1. The Bertz CT molecular complexity index is 768. The Balaban J connectivity index is 2.15. The van der Waals surface area contributed by atoms with Gasteiger partial charge in [-0.05, 0) is 31.4 Å². The maximum absolute atomic E-state index is 12.9. The van der Waals surface area contributed by atoms with Crippen LogP contribution in [-0.4, -0.2) is 36.8 Å². The highest BCUT2D eigenvalue weighted by molar-refractivity contribution is 7.89. The molecule has 1 aromatic heterocycles. The second kappa shape index (κ2) is 5.36. The summed E-state index contributed by atoms with van der Waals surface area (Å²) in [4.78, 5) is 4.49. The van der Waals surface area contributed by atoms with Gasteiger partial charge in [0, 0.05) is 42.3 Å². The molecule has 0 amide bonds. The van der Waals surface area contributed by atoms with Crippen molar-refractivity contribution in [2.45, 2.75) is 30.7 Å². The van der Waals surface area contributed by atoms with Gasteiger partial charge in [-0.3, -0.25) is 4.98 Å². The van der Waals surface area contributed by atoms with Gasteiger partial charge >= 0.3 is 0 Å². The topological polar surface area (TPSA) is 76.3 Å². The Morgan fingerprint density at radius 2 is 2.14 bits per heavy atom. The lowest BCUT2D eigenvalue weighted by Crippen LogP contribution is -2.45. The van der Waals surface area contributed by atoms with Crippen molar-refractivity contribution in [1.29, 1.82) is 0 Å². The second-order valence-corrected chi connectivity index (χ2v) is 7.48. The van der Waals surface area contributed by atoms with Gasteiger partial charge < -0.3 is 5.73 Å². The van der Waals surface area contributed by atoms with Crippen LogP contribution in [0.4, 0.5) is 0 Å². The van der Waals surface area contributed by atoms with Crippen LogP contribution in [0.15, 0.2) is 35.5 Å². The molecule has 6 heteroatoms. The standard InChI is InChI=1S/C15H19N3O2S/c1-11-8-17-9-12-4-2-6-14(15(11)12)21(19,20)18-7-3-5-13(16)10-18/h2,4,6,8-9,13H,3,5,7,10,16H2,1H3/t13-/m0/s1. The number of sulfonamides is 1. The van der Waals surface area contributed by atoms with E-state index in [1.54, 1.807) is 24.5 Å². The van der Waals surface area contributed by atoms with Crippen LogP contribution in [0.2, 0.25) is 0 Å². The number of fused-ring (bicyclic) bond motifs is 1. The highest BCUT2D eigenvalue weighted by Crippen LogP contribution is 2.29. The van der Waals surface area contributed by atoms with Crippen LogP contribution in [-0.2, 0) is 10.0 Å². The van der Waals surface area contributed by atoms with Gasteiger partial charge in [-0.2, -0.15) is 4.31 Å². The number of benzene rings is 1. The summed E-state index contributed by atoms with van der Waals surface area (Å²) in [5, 5.41) is 1.60. The van der Waals surface area contributed by atoms with Gasteiger partial charge in [-0.25, -0.2) is 8.42 Å². The normalized spacial score (nSPS) is 20.8. The van der Waals surface area contributed by atoms with Gasteiger partial charge in [-0.15, -0.1) is 0 Å². The lowest BCUT2D eigenvalue weighted by Gasteiger charge is -2.30. The molecule has 2 heterocycles. The van der Waals surface area contributed by atoms with E-state index in [1.807, 2.05) is 13.0 Å². The van der Waals surface area contributed by atoms with Gasteiger partial charge in [-0.1, -0.05) is 12.1 Å². The maximum Gasteiger partial charge on any atom is 0.243 e. The predicted molar refractivity (Wildman–Crippen MR) is 82.4 cm³/mol. The number of hydrogen-bond acceptors (Lipinski definition) is 4. The molecule has 0 aliphatic carbocycles. The monoisotopic (exact) mass is 305 g/mol. The summed E-state index contributed by atoms with van der Waals surface area (Å²) >= 11 is 0. The van der Waals surface area contributed by atoms with Crippen molar-refractivity contribution in [2.24, 2.45) is 5.73 Å². The van der Waals surface area contributed by atoms with Crippen LogP contribution in [0, 0.1) is 6.92 Å². The van der Waals surface area contributed by atoms with Gasteiger partial charge in [0.25, 0.3) is 0 Å². The van der Waals surface area contributed by atoms with Crippen molar-refractivity contribution in [3.63, 3.8) is 0 Å². The number of pyridine rings is 1. The summed E-state index contributed by atoms with van der Waals surface area (Å²) in [6.07, 6.45) is 5.09. The number of nitrogens with two attached hydrogens (primary N) is 1. The van der Waals surface area contributed by atoms with E-state index in [9.17, 15) is 8.42 Å². The van der Waals surface area contributed by atoms with Crippen molar-refractivity contribution in [3.8, 4) is 0 Å². The van der Waals surface area contributed by atoms with Crippen LogP contribution in [0.1, 0.15) is 18.4 Å². The minimum absolute atomic E-state index is 0.0775. The first-order chi connectivity index (χ1) is 10.00. The van der Waals surface area contributed by atoms with E-state index in [4.69, 9.17) is 5.73 Å². The molecular weight excluding hydrogens is 286 g/mol. The average molecular weight is 305 g/mol. The molecule has 1 aromatic carbocycles. The van der Waals surface area contributed by atoms with Crippen molar-refractivity contribution >= 4 is 20.8 Å². The minimum Gasteiger partial charge on any atom is -0.327 e. The third kappa shape index (κ3) is 2.54. The Hall–Kier alpha value is -1.50. The van der Waals surface area contributed by atoms with E-state index < -0.39 is 10.0 Å². The van der Waals surface area contributed by atoms with E-state index in [1.165, 1.54) is 4.31 Å². The lowest BCUT2D eigenvalue weighted by molar-refractivity contribution is 0.316. The quantitative estimate of drug-likeness (QED) is 0.915. The zero-order chi connectivity index (χ0) is 15.0. The third-order valence-electron chi connectivity index (χ3n) is 3.97. The zero-order valence-electron chi connectivity index (χ0n) is 12.0. The smallest absolute Gasteiger partial charge is 0.243 e. The van der Waals surface area contributed by atoms with Crippen molar-refractivity contribution in [2.75, 3.05) is 13.1 Å². The van der Waals surface area contributed by atoms with E-state index in [0.29, 0.717) is 18.0 Å². The van der Waals surface area contributed by atoms with Crippen LogP contribution >= 0.6 is 0 Å². The Morgan fingerprint density at radius 3 is 2.90 bits per heavy atom. The molecule has 21 heavy (non-hydrogen) atoms. The van der Waals surface area contributed by atoms with Crippen molar-refractivity contribution < 1.29 is 8.42 Å².